The van der Waals surface area contributed by atoms with E-state index in [2.05, 4.69) is 27.7 Å². The van der Waals surface area contributed by atoms with E-state index in [0.29, 0.717) is 5.41 Å². The van der Waals surface area contributed by atoms with Crippen molar-refractivity contribution in [2.45, 2.75) is 91.9 Å². The molecule has 0 aromatic carbocycles. The Hall–Kier alpha value is 0. The monoisotopic (exact) mass is 238 g/mol. The molecule has 1 aliphatic carbocycles. The van der Waals surface area contributed by atoms with Crippen LogP contribution in [0.4, 0.5) is 0 Å². The lowest BCUT2D eigenvalue weighted by atomic mass is 9.61. The van der Waals surface area contributed by atoms with Crippen molar-refractivity contribution in [3.8, 4) is 0 Å². The predicted molar refractivity (Wildman–Crippen MR) is 78.3 cm³/mol. The van der Waals surface area contributed by atoms with Gasteiger partial charge in [-0.1, -0.05) is 72.6 Å². The van der Waals surface area contributed by atoms with Crippen molar-refractivity contribution >= 4 is 0 Å². The van der Waals surface area contributed by atoms with Crippen LogP contribution in [0.15, 0.2) is 0 Å². The first-order chi connectivity index (χ1) is 8.19. The minimum atomic E-state index is 0.628. The lowest BCUT2D eigenvalue weighted by Crippen LogP contribution is -2.35. The molecule has 1 fully saturated rings. The molecule has 0 aliphatic heterocycles. The van der Waals surface area contributed by atoms with Gasteiger partial charge < -0.3 is 0 Å². The quantitative estimate of drug-likeness (QED) is 0.483. The highest BCUT2D eigenvalue weighted by atomic mass is 14.4. The average molecular weight is 238 g/mol. The van der Waals surface area contributed by atoms with Gasteiger partial charge in [-0.25, -0.2) is 0 Å². The summed E-state index contributed by atoms with van der Waals surface area (Å²) in [4.78, 5) is 0. The zero-order chi connectivity index (χ0) is 12.7. The van der Waals surface area contributed by atoms with Gasteiger partial charge >= 0.3 is 0 Å². The van der Waals surface area contributed by atoms with Gasteiger partial charge in [0.1, 0.15) is 0 Å². The van der Waals surface area contributed by atoms with E-state index in [1.54, 1.807) is 0 Å². The van der Waals surface area contributed by atoms with Crippen molar-refractivity contribution < 1.29 is 0 Å². The zero-order valence-corrected chi connectivity index (χ0v) is 12.7. The van der Waals surface area contributed by atoms with E-state index >= 15 is 0 Å². The molecule has 0 nitrogen and oxygen atoms in total. The van der Waals surface area contributed by atoms with E-state index in [4.69, 9.17) is 0 Å². The van der Waals surface area contributed by atoms with Gasteiger partial charge in [0.25, 0.3) is 0 Å². The fourth-order valence-electron chi connectivity index (χ4n) is 4.44. The van der Waals surface area contributed by atoms with Gasteiger partial charge in [-0.3, -0.25) is 0 Å². The Morgan fingerprint density at radius 3 is 1.88 bits per heavy atom. The highest BCUT2D eigenvalue weighted by molar-refractivity contribution is 4.88. The summed E-state index contributed by atoms with van der Waals surface area (Å²) in [5.74, 6) is 1.96. The topological polar surface area (TPSA) is 0 Å². The van der Waals surface area contributed by atoms with Crippen LogP contribution in [0.5, 0.6) is 0 Å². The smallest absolute Gasteiger partial charge is 0.0270 e. The summed E-state index contributed by atoms with van der Waals surface area (Å²) in [5.41, 5.74) is 0.628. The van der Waals surface area contributed by atoms with Crippen LogP contribution in [-0.4, -0.2) is 0 Å². The van der Waals surface area contributed by atoms with E-state index in [1.165, 1.54) is 64.2 Å². The summed E-state index contributed by atoms with van der Waals surface area (Å²) in [5, 5.41) is 0. The maximum absolute atomic E-state index is 2.62. The zero-order valence-electron chi connectivity index (χ0n) is 12.7. The normalized spacial score (nSPS) is 22.4. The molecular formula is C17H34. The Morgan fingerprint density at radius 2 is 1.47 bits per heavy atom. The molecule has 0 aromatic heterocycles. The Kier molecular flexibility index (Phi) is 6.59. The third-order valence-corrected chi connectivity index (χ3v) is 5.49. The van der Waals surface area contributed by atoms with Crippen molar-refractivity contribution in [2.24, 2.45) is 17.3 Å². The summed E-state index contributed by atoms with van der Waals surface area (Å²) < 4.78 is 0. The standard InChI is InChI=1S/C17H34/c1-5-14-17(4,15(6-2)7-3)16-12-10-8-9-11-13-16/h15-16H,5-14H2,1-4H3. The van der Waals surface area contributed by atoms with Crippen molar-refractivity contribution in [3.63, 3.8) is 0 Å². The van der Waals surface area contributed by atoms with Crippen LogP contribution < -0.4 is 0 Å². The molecule has 0 bridgehead atoms. The summed E-state index contributed by atoms with van der Waals surface area (Å²) in [6, 6.07) is 0. The van der Waals surface area contributed by atoms with Crippen LogP contribution >= 0.6 is 0 Å². The van der Waals surface area contributed by atoms with Crippen LogP contribution in [0.2, 0.25) is 0 Å². The Morgan fingerprint density at radius 1 is 0.941 bits per heavy atom. The number of hydrogen-bond donors (Lipinski definition) is 0. The van der Waals surface area contributed by atoms with E-state index in [1.807, 2.05) is 0 Å². The summed E-state index contributed by atoms with van der Waals surface area (Å²) in [7, 11) is 0. The molecule has 17 heavy (non-hydrogen) atoms. The van der Waals surface area contributed by atoms with Gasteiger partial charge in [0.2, 0.25) is 0 Å². The third-order valence-electron chi connectivity index (χ3n) is 5.49. The largest absolute Gasteiger partial charge is 0.0654 e. The fraction of sp³-hybridized carbons (Fsp3) is 1.00. The molecule has 102 valence electrons. The molecule has 0 saturated heterocycles. The molecule has 0 spiro atoms. The molecule has 1 aliphatic rings. The van der Waals surface area contributed by atoms with Crippen molar-refractivity contribution in [3.05, 3.63) is 0 Å². The van der Waals surface area contributed by atoms with Crippen LogP contribution in [0.25, 0.3) is 0 Å². The molecule has 1 rings (SSSR count). The lowest BCUT2D eigenvalue weighted by Gasteiger charge is -2.44. The van der Waals surface area contributed by atoms with E-state index in [-0.39, 0.29) is 0 Å². The summed E-state index contributed by atoms with van der Waals surface area (Å²) in [6.07, 6.45) is 14.5. The molecule has 0 amide bonds. The lowest BCUT2D eigenvalue weighted by molar-refractivity contribution is 0.0606. The van der Waals surface area contributed by atoms with Gasteiger partial charge in [0, 0.05) is 0 Å². The Bertz CT molecular complexity index is 184. The first-order valence-corrected chi connectivity index (χ1v) is 8.19. The van der Waals surface area contributed by atoms with Crippen LogP contribution in [0.3, 0.4) is 0 Å². The molecule has 0 heterocycles. The fourth-order valence-corrected chi connectivity index (χ4v) is 4.44. The Labute approximate surface area is 110 Å². The van der Waals surface area contributed by atoms with Gasteiger partial charge in [0.15, 0.2) is 0 Å². The van der Waals surface area contributed by atoms with Gasteiger partial charge in [-0.05, 0) is 36.5 Å². The average Bonchev–Trinajstić information content (AvgIpc) is 2.59. The van der Waals surface area contributed by atoms with Gasteiger partial charge in [-0.15, -0.1) is 0 Å². The maximum atomic E-state index is 2.62. The summed E-state index contributed by atoms with van der Waals surface area (Å²) >= 11 is 0. The molecule has 0 aromatic rings. The molecule has 0 N–H and O–H groups in total. The van der Waals surface area contributed by atoms with Gasteiger partial charge in [-0.2, -0.15) is 0 Å². The predicted octanol–water partition coefficient (Wildman–Crippen LogP) is 6.20. The van der Waals surface area contributed by atoms with E-state index in [0.717, 1.165) is 11.8 Å². The first-order valence-electron chi connectivity index (χ1n) is 8.19. The highest BCUT2D eigenvalue weighted by Crippen LogP contribution is 2.48. The summed E-state index contributed by atoms with van der Waals surface area (Å²) in [6.45, 7) is 9.79. The van der Waals surface area contributed by atoms with E-state index in [9.17, 15) is 0 Å². The molecule has 0 radical (unpaired) electrons. The molecule has 1 atom stereocenters. The first kappa shape index (κ1) is 15.1. The van der Waals surface area contributed by atoms with Crippen molar-refractivity contribution in [2.75, 3.05) is 0 Å². The maximum Gasteiger partial charge on any atom is -0.0270 e. The SMILES string of the molecule is CCCC(C)(C(CC)CC)C1CCCCCC1. The second-order valence-electron chi connectivity index (χ2n) is 6.46. The molecule has 0 heteroatoms. The Balaban J connectivity index is 2.79. The second-order valence-corrected chi connectivity index (χ2v) is 6.46. The second kappa shape index (κ2) is 7.44. The van der Waals surface area contributed by atoms with Crippen LogP contribution in [0.1, 0.15) is 91.9 Å². The minimum absolute atomic E-state index is 0.628. The van der Waals surface area contributed by atoms with Crippen molar-refractivity contribution in [1.29, 1.82) is 0 Å². The molecule has 1 unspecified atom stereocenters. The minimum Gasteiger partial charge on any atom is -0.0654 e. The van der Waals surface area contributed by atoms with Gasteiger partial charge in [0.05, 0.1) is 0 Å². The van der Waals surface area contributed by atoms with E-state index < -0.39 is 0 Å². The number of hydrogen-bond acceptors (Lipinski definition) is 0. The molecular weight excluding hydrogens is 204 g/mol. The number of rotatable bonds is 6. The van der Waals surface area contributed by atoms with Crippen LogP contribution in [0, 0.1) is 17.3 Å². The van der Waals surface area contributed by atoms with Crippen LogP contribution in [-0.2, 0) is 0 Å². The highest BCUT2D eigenvalue weighted by Gasteiger charge is 2.38. The molecule has 1 saturated carbocycles. The van der Waals surface area contributed by atoms with Crippen molar-refractivity contribution in [1.82, 2.24) is 0 Å². The third kappa shape index (κ3) is 3.73.